The number of hydrogen-bond acceptors (Lipinski definition) is 19. The van der Waals surface area contributed by atoms with Gasteiger partial charge in [0.1, 0.15) is 24.6 Å². The quantitative estimate of drug-likeness (QED) is 0.0431. The van der Waals surface area contributed by atoms with E-state index in [9.17, 15) is 46.8 Å². The molecule has 328 valence electrons. The predicted octanol–water partition coefficient (Wildman–Crippen LogP) is 0.465. The number of fused-ring (bicyclic) bond motifs is 1. The van der Waals surface area contributed by atoms with E-state index in [0.717, 1.165) is 0 Å². The normalized spacial score (nSPS) is 21.1. The van der Waals surface area contributed by atoms with Gasteiger partial charge >= 0.3 is 35.3 Å². The van der Waals surface area contributed by atoms with Crippen molar-refractivity contribution in [2.24, 2.45) is 0 Å². The zero-order valence-corrected chi connectivity index (χ0v) is 33.1. The summed E-state index contributed by atoms with van der Waals surface area (Å²) >= 11 is 0. The van der Waals surface area contributed by atoms with Crippen LogP contribution >= 0.6 is 23.2 Å². The maximum atomic E-state index is 12.2. The Bertz CT molecular complexity index is 1680. The second kappa shape index (κ2) is 23.5. The van der Waals surface area contributed by atoms with Crippen molar-refractivity contribution < 1.29 is 98.1 Å². The van der Waals surface area contributed by atoms with Crippen LogP contribution in [0.25, 0.3) is 11.2 Å². The minimum Gasteiger partial charge on any atom is -0.387 e. The smallest absolute Gasteiger partial charge is 0.387 e. The van der Waals surface area contributed by atoms with E-state index in [1.54, 1.807) is 5.32 Å². The highest BCUT2D eigenvalue weighted by Gasteiger charge is 2.46. The summed E-state index contributed by atoms with van der Waals surface area (Å²) in [4.78, 5) is 50.7. The van der Waals surface area contributed by atoms with E-state index in [2.05, 4.69) is 33.4 Å². The number of halogens is 3. The topological polar surface area (TPSA) is 320 Å². The van der Waals surface area contributed by atoms with Crippen LogP contribution in [0.1, 0.15) is 19.1 Å². The van der Waals surface area contributed by atoms with Crippen LogP contribution in [0.5, 0.6) is 0 Å². The Kier molecular flexibility index (Phi) is 20.3. The summed E-state index contributed by atoms with van der Waals surface area (Å²) in [5, 5.41) is 26.0. The lowest BCUT2D eigenvalue weighted by atomic mass is 10.1. The molecule has 3 unspecified atom stereocenters. The Labute approximate surface area is 323 Å². The molecule has 57 heavy (non-hydrogen) atoms. The second-order valence-electron chi connectivity index (χ2n) is 11.7. The minimum absolute atomic E-state index is 0.143. The number of rotatable bonds is 29. The van der Waals surface area contributed by atoms with E-state index in [-0.39, 0.29) is 38.4 Å². The zero-order valence-electron chi connectivity index (χ0n) is 30.4. The van der Waals surface area contributed by atoms with Gasteiger partial charge in [0.05, 0.1) is 65.8 Å². The number of hydrogen-bond donors (Lipinski definition) is 7. The average molecular weight is 893 g/mol. The third-order valence-electron chi connectivity index (χ3n) is 7.13. The van der Waals surface area contributed by atoms with Gasteiger partial charge in [0, 0.05) is 33.0 Å². The van der Waals surface area contributed by atoms with Crippen LogP contribution in [0.2, 0.25) is 0 Å². The van der Waals surface area contributed by atoms with E-state index < -0.39 is 66.5 Å². The number of carbonyl (C=O) groups is 1. The fraction of sp³-hybridized carbons (Fsp3) is 0.778. The molecule has 1 fully saturated rings. The van der Waals surface area contributed by atoms with Gasteiger partial charge in [-0.15, -0.1) is 0 Å². The molecule has 3 rings (SSSR count). The molecule has 1 aliphatic heterocycles. The highest BCUT2D eigenvalue weighted by Crippen LogP contribution is 2.66. The Morgan fingerprint density at radius 1 is 0.825 bits per heavy atom. The number of phosphoric ester groups is 1. The van der Waals surface area contributed by atoms with Gasteiger partial charge in [-0.3, -0.25) is 18.5 Å². The van der Waals surface area contributed by atoms with Crippen molar-refractivity contribution in [3.8, 4) is 0 Å². The lowest BCUT2D eigenvalue weighted by Gasteiger charge is -2.20. The van der Waals surface area contributed by atoms with Gasteiger partial charge in [0.15, 0.2) is 23.2 Å². The largest absolute Gasteiger partial charge is 0.479 e. The van der Waals surface area contributed by atoms with Gasteiger partial charge in [-0.05, 0) is 12.8 Å². The molecule has 7 N–H and O–H groups in total. The summed E-state index contributed by atoms with van der Waals surface area (Å²) in [6.07, 6.45) is -7.58. The number of amides is 1. The number of phosphoric acid groups is 2. The predicted molar refractivity (Wildman–Crippen MR) is 186 cm³/mol. The molecule has 0 aliphatic carbocycles. The first kappa shape index (κ1) is 49.1. The molecule has 2 aromatic rings. The van der Waals surface area contributed by atoms with Gasteiger partial charge < -0.3 is 63.9 Å². The highest BCUT2D eigenvalue weighted by molar-refractivity contribution is 7.69. The summed E-state index contributed by atoms with van der Waals surface area (Å²) in [6, 6.07) is 0. The van der Waals surface area contributed by atoms with E-state index >= 15 is 0 Å². The van der Waals surface area contributed by atoms with Gasteiger partial charge in [-0.25, -0.2) is 32.7 Å². The van der Waals surface area contributed by atoms with Crippen LogP contribution in [-0.2, 0) is 60.1 Å². The van der Waals surface area contributed by atoms with Crippen LogP contribution < -0.4 is 10.6 Å². The SMILES string of the molecule is CP(=O)(OP(=O)(O)O)OP(=O)(O)OC[C@H]1O[C@@H](n2cnc3c(NCCCOCCOCCOCCOCCOCCCNC(=O)C(F)(F)F)ncnc32)[C@@H](O)C1O. The van der Waals surface area contributed by atoms with E-state index in [4.69, 9.17) is 38.2 Å². The minimum atomic E-state index is -5.35. The lowest BCUT2D eigenvalue weighted by Crippen LogP contribution is -2.37. The van der Waals surface area contributed by atoms with E-state index in [1.165, 1.54) is 17.2 Å². The maximum absolute atomic E-state index is 12.2. The Morgan fingerprint density at radius 2 is 1.37 bits per heavy atom. The standard InChI is InChI=1S/C27H46F3N6O18P3/c1-55(40,53-56(41,42)43)54-57(44,45)51-16-19-21(37)22(38)25(52-19)36-18-35-20-23(33-17-34-24(20)36)31-4-2-6-46-8-10-48-12-14-50-15-13-49-11-9-47-7-3-5-32-26(39)27(28,29)30/h17-19,21-22,25,37-38H,2-16H2,1H3,(H,32,39)(H,44,45)(H,31,33,34)(H2,41,42,43)/t19-,21?,22+,25-,55?/m1/s1. The number of aliphatic hydroxyl groups excluding tert-OH is 2. The molecule has 24 nitrogen and oxygen atoms in total. The van der Waals surface area contributed by atoms with Crippen LogP contribution in [0, 0.1) is 0 Å². The number of aromatic nitrogens is 4. The number of anilines is 1. The Morgan fingerprint density at radius 3 is 1.91 bits per heavy atom. The molecule has 30 heteroatoms. The fourth-order valence-corrected chi connectivity index (χ4v) is 8.65. The summed E-state index contributed by atoms with van der Waals surface area (Å²) in [5.41, 5.74) is 0.498. The fourth-order valence-electron chi connectivity index (χ4n) is 4.69. The van der Waals surface area contributed by atoms with Gasteiger partial charge in [0.25, 0.3) is 0 Å². The molecular formula is C27H46F3N6O18P3. The third-order valence-corrected chi connectivity index (χ3v) is 11.7. The number of alkyl halides is 3. The Hall–Kier alpha value is -2.26. The van der Waals surface area contributed by atoms with Crippen molar-refractivity contribution in [2.75, 3.05) is 97.7 Å². The number of imidazole rings is 1. The molecule has 0 bridgehead atoms. The molecule has 2 aromatic heterocycles. The van der Waals surface area contributed by atoms with Crippen molar-refractivity contribution in [1.29, 1.82) is 0 Å². The monoisotopic (exact) mass is 892 g/mol. The summed E-state index contributed by atoms with van der Waals surface area (Å²) in [7, 11) is -15.4. The lowest BCUT2D eigenvalue weighted by molar-refractivity contribution is -0.173. The first-order valence-corrected chi connectivity index (χ1v) is 22.0. The summed E-state index contributed by atoms with van der Waals surface area (Å²) in [5.74, 6) is -1.63. The zero-order chi connectivity index (χ0) is 42.1. The molecule has 1 saturated heterocycles. The van der Waals surface area contributed by atoms with Gasteiger partial charge in [-0.1, -0.05) is 0 Å². The summed E-state index contributed by atoms with van der Waals surface area (Å²) in [6.45, 7) is 3.04. The van der Waals surface area contributed by atoms with Crippen LogP contribution in [0.4, 0.5) is 19.0 Å². The molecule has 6 atom stereocenters. The average Bonchev–Trinajstić information content (AvgIpc) is 3.66. The molecule has 1 amide bonds. The van der Waals surface area contributed by atoms with Crippen molar-refractivity contribution in [1.82, 2.24) is 24.8 Å². The summed E-state index contributed by atoms with van der Waals surface area (Å²) < 4.78 is 118. The molecule has 0 saturated carbocycles. The number of ether oxygens (including phenoxy) is 6. The van der Waals surface area contributed by atoms with E-state index in [0.29, 0.717) is 77.2 Å². The van der Waals surface area contributed by atoms with Gasteiger partial charge in [-0.2, -0.15) is 13.2 Å². The number of nitrogens with zero attached hydrogens (tertiary/aromatic N) is 4. The van der Waals surface area contributed by atoms with Crippen LogP contribution in [0.3, 0.4) is 0 Å². The van der Waals surface area contributed by atoms with Crippen LogP contribution in [-0.4, -0.2) is 167 Å². The van der Waals surface area contributed by atoms with Crippen molar-refractivity contribution >= 4 is 46.1 Å². The molecule has 0 radical (unpaired) electrons. The molecule has 0 spiro atoms. The molecule has 1 aliphatic rings. The number of carbonyl (C=O) groups excluding carboxylic acids is 1. The van der Waals surface area contributed by atoms with Gasteiger partial charge in [0.2, 0.25) is 0 Å². The maximum Gasteiger partial charge on any atom is 0.479 e. The number of nitrogens with one attached hydrogen (secondary N) is 2. The third kappa shape index (κ3) is 18.3. The highest BCUT2D eigenvalue weighted by atomic mass is 31.3. The first-order chi connectivity index (χ1) is 26.8. The first-order valence-electron chi connectivity index (χ1n) is 17.0. The van der Waals surface area contributed by atoms with Crippen LogP contribution in [0.15, 0.2) is 12.7 Å². The van der Waals surface area contributed by atoms with Crippen molar-refractivity contribution in [2.45, 2.75) is 43.6 Å². The van der Waals surface area contributed by atoms with E-state index in [1.807, 2.05) is 0 Å². The second-order valence-corrected chi connectivity index (χ2v) is 16.8. The molecule has 0 aromatic carbocycles. The molecule has 3 heterocycles. The Balaban J connectivity index is 1.24. The number of aliphatic hydroxyl groups is 2. The van der Waals surface area contributed by atoms with Crippen molar-refractivity contribution in [3.63, 3.8) is 0 Å². The van der Waals surface area contributed by atoms with Crippen molar-refractivity contribution in [3.05, 3.63) is 12.7 Å². The molecular weight excluding hydrogens is 846 g/mol.